The highest BCUT2D eigenvalue weighted by Gasteiger charge is 2.17. The molecule has 2 rings (SSSR count). The van der Waals surface area contributed by atoms with E-state index in [1.165, 1.54) is 0 Å². The second-order valence-corrected chi connectivity index (χ2v) is 6.03. The Kier molecular flexibility index (Phi) is 6.09. The standard InChI is InChI=1S/C15H21IN2O2/c1-11(9-16)15(19)18-14-7-3-2-6-13(14)17-12-5-4-8-20-10-12/h2-3,6-7,11-12,17H,4-5,8-10H2,1H3,(H,18,19)/t11-,12?/m1/s1. The van der Waals surface area contributed by atoms with Gasteiger partial charge in [-0.25, -0.2) is 0 Å². The third-order valence-corrected chi connectivity index (χ3v) is 4.71. The summed E-state index contributed by atoms with van der Waals surface area (Å²) in [5.74, 6) is 0.0789. The Labute approximate surface area is 133 Å². The molecule has 1 fully saturated rings. The lowest BCUT2D eigenvalue weighted by atomic mass is 10.1. The number of para-hydroxylation sites is 2. The molecule has 0 bridgehead atoms. The number of hydrogen-bond acceptors (Lipinski definition) is 3. The molecule has 5 heteroatoms. The van der Waals surface area contributed by atoms with Crippen molar-refractivity contribution in [3.63, 3.8) is 0 Å². The molecule has 1 unspecified atom stereocenters. The fraction of sp³-hybridized carbons (Fsp3) is 0.533. The van der Waals surface area contributed by atoms with Crippen LogP contribution in [0, 0.1) is 5.92 Å². The van der Waals surface area contributed by atoms with Gasteiger partial charge in [-0.05, 0) is 25.0 Å². The summed E-state index contributed by atoms with van der Waals surface area (Å²) in [7, 11) is 0. The SMILES string of the molecule is C[C@H](CI)C(=O)Nc1ccccc1NC1CCCOC1. The Bertz CT molecular complexity index is 447. The van der Waals surface area contributed by atoms with Crippen LogP contribution in [0.3, 0.4) is 0 Å². The molecule has 1 aromatic rings. The molecule has 1 aliphatic heterocycles. The van der Waals surface area contributed by atoms with Gasteiger partial charge in [0.2, 0.25) is 5.91 Å². The van der Waals surface area contributed by atoms with Crippen LogP contribution in [0.4, 0.5) is 11.4 Å². The summed E-state index contributed by atoms with van der Waals surface area (Å²) in [5, 5.41) is 6.47. The number of carbonyl (C=O) groups is 1. The molecule has 1 aliphatic rings. The lowest BCUT2D eigenvalue weighted by Gasteiger charge is -2.25. The number of hydrogen-bond donors (Lipinski definition) is 2. The van der Waals surface area contributed by atoms with Crippen molar-refractivity contribution in [1.82, 2.24) is 0 Å². The highest BCUT2D eigenvalue weighted by atomic mass is 127. The maximum atomic E-state index is 12.0. The summed E-state index contributed by atoms with van der Waals surface area (Å²) in [6.07, 6.45) is 2.19. The molecule has 2 N–H and O–H groups in total. The fourth-order valence-corrected chi connectivity index (χ4v) is 2.52. The van der Waals surface area contributed by atoms with Crippen LogP contribution in [0.2, 0.25) is 0 Å². The number of carbonyl (C=O) groups excluding carboxylic acids is 1. The van der Waals surface area contributed by atoms with Gasteiger partial charge in [0.05, 0.1) is 18.0 Å². The van der Waals surface area contributed by atoms with Gasteiger partial charge in [0, 0.05) is 23.0 Å². The van der Waals surface area contributed by atoms with E-state index in [4.69, 9.17) is 4.74 Å². The first-order valence-corrected chi connectivity index (χ1v) is 8.53. The van der Waals surface area contributed by atoms with Crippen LogP contribution in [0.25, 0.3) is 0 Å². The second kappa shape index (κ2) is 7.83. The zero-order valence-electron chi connectivity index (χ0n) is 11.7. The van der Waals surface area contributed by atoms with Gasteiger partial charge in [0.1, 0.15) is 0 Å². The van der Waals surface area contributed by atoms with Crippen molar-refractivity contribution in [2.45, 2.75) is 25.8 Å². The molecular formula is C15H21IN2O2. The van der Waals surface area contributed by atoms with Crippen LogP contribution >= 0.6 is 22.6 Å². The zero-order valence-corrected chi connectivity index (χ0v) is 13.9. The second-order valence-electron chi connectivity index (χ2n) is 5.15. The molecule has 20 heavy (non-hydrogen) atoms. The first-order chi connectivity index (χ1) is 9.70. The molecule has 1 amide bonds. The molecule has 0 aromatic heterocycles. The smallest absolute Gasteiger partial charge is 0.228 e. The molecule has 0 saturated carbocycles. The molecule has 0 spiro atoms. The Morgan fingerprint density at radius 2 is 2.20 bits per heavy atom. The summed E-state index contributed by atoms with van der Waals surface area (Å²) in [6.45, 7) is 3.52. The monoisotopic (exact) mass is 388 g/mol. The van der Waals surface area contributed by atoms with E-state index in [1.54, 1.807) is 0 Å². The van der Waals surface area contributed by atoms with Gasteiger partial charge < -0.3 is 15.4 Å². The highest BCUT2D eigenvalue weighted by Crippen LogP contribution is 2.24. The number of anilines is 2. The number of nitrogens with one attached hydrogen (secondary N) is 2. The maximum absolute atomic E-state index is 12.0. The van der Waals surface area contributed by atoms with E-state index in [-0.39, 0.29) is 11.8 Å². The summed E-state index contributed by atoms with van der Waals surface area (Å²) >= 11 is 2.23. The molecule has 4 nitrogen and oxygen atoms in total. The first-order valence-electron chi connectivity index (χ1n) is 7.01. The van der Waals surface area contributed by atoms with E-state index in [1.807, 2.05) is 31.2 Å². The minimum absolute atomic E-state index is 0.0154. The van der Waals surface area contributed by atoms with Crippen molar-refractivity contribution >= 4 is 39.9 Å². The Morgan fingerprint density at radius 1 is 1.45 bits per heavy atom. The first kappa shape index (κ1) is 15.6. The lowest BCUT2D eigenvalue weighted by Crippen LogP contribution is -2.30. The number of alkyl halides is 1. The summed E-state index contributed by atoms with van der Waals surface area (Å²) in [6, 6.07) is 8.17. The number of ether oxygens (including phenoxy) is 1. The van der Waals surface area contributed by atoms with E-state index in [2.05, 4.69) is 33.2 Å². The average Bonchev–Trinajstić information content (AvgIpc) is 2.49. The molecule has 1 saturated heterocycles. The summed E-state index contributed by atoms with van der Waals surface area (Å²) in [5.41, 5.74) is 1.82. The van der Waals surface area contributed by atoms with Gasteiger partial charge in [-0.1, -0.05) is 41.6 Å². The number of benzene rings is 1. The number of amides is 1. The van der Waals surface area contributed by atoms with Crippen molar-refractivity contribution in [2.24, 2.45) is 5.92 Å². The van der Waals surface area contributed by atoms with E-state index in [0.29, 0.717) is 6.04 Å². The number of rotatable bonds is 5. The van der Waals surface area contributed by atoms with Crippen LogP contribution in [-0.4, -0.2) is 29.6 Å². The Morgan fingerprint density at radius 3 is 2.85 bits per heavy atom. The van der Waals surface area contributed by atoms with Gasteiger partial charge >= 0.3 is 0 Å². The van der Waals surface area contributed by atoms with Crippen LogP contribution < -0.4 is 10.6 Å². The van der Waals surface area contributed by atoms with E-state index < -0.39 is 0 Å². The van der Waals surface area contributed by atoms with E-state index in [9.17, 15) is 4.79 Å². The van der Waals surface area contributed by atoms with Crippen molar-refractivity contribution in [1.29, 1.82) is 0 Å². The zero-order chi connectivity index (χ0) is 14.4. The van der Waals surface area contributed by atoms with Crippen LogP contribution in [0.15, 0.2) is 24.3 Å². The molecule has 110 valence electrons. The lowest BCUT2D eigenvalue weighted by molar-refractivity contribution is -0.118. The van der Waals surface area contributed by atoms with Crippen molar-refractivity contribution in [2.75, 3.05) is 28.3 Å². The van der Waals surface area contributed by atoms with Crippen molar-refractivity contribution in [3.05, 3.63) is 24.3 Å². The molecule has 2 atom stereocenters. The minimum atomic E-state index is 0.0154. The van der Waals surface area contributed by atoms with E-state index >= 15 is 0 Å². The molecule has 0 aliphatic carbocycles. The highest BCUT2D eigenvalue weighted by molar-refractivity contribution is 14.1. The normalized spacial score (nSPS) is 20.2. The quantitative estimate of drug-likeness (QED) is 0.601. The third kappa shape index (κ3) is 4.34. The molecule has 0 radical (unpaired) electrons. The van der Waals surface area contributed by atoms with Crippen molar-refractivity contribution < 1.29 is 9.53 Å². The largest absolute Gasteiger partial charge is 0.379 e. The van der Waals surface area contributed by atoms with Crippen LogP contribution in [-0.2, 0) is 9.53 Å². The maximum Gasteiger partial charge on any atom is 0.228 e. The summed E-state index contributed by atoms with van der Waals surface area (Å²) in [4.78, 5) is 12.0. The third-order valence-electron chi connectivity index (χ3n) is 3.38. The molecular weight excluding hydrogens is 367 g/mol. The minimum Gasteiger partial charge on any atom is -0.379 e. The van der Waals surface area contributed by atoms with Gasteiger partial charge in [-0.15, -0.1) is 0 Å². The predicted molar refractivity (Wildman–Crippen MR) is 90.6 cm³/mol. The topological polar surface area (TPSA) is 50.4 Å². The van der Waals surface area contributed by atoms with Gasteiger partial charge in [0.25, 0.3) is 0 Å². The Balaban J connectivity index is 2.03. The van der Waals surface area contributed by atoms with Crippen LogP contribution in [0.1, 0.15) is 19.8 Å². The molecule has 1 heterocycles. The van der Waals surface area contributed by atoms with Crippen molar-refractivity contribution in [3.8, 4) is 0 Å². The average molecular weight is 388 g/mol. The molecule has 1 aromatic carbocycles. The van der Waals surface area contributed by atoms with Gasteiger partial charge in [0.15, 0.2) is 0 Å². The van der Waals surface area contributed by atoms with Crippen LogP contribution in [0.5, 0.6) is 0 Å². The summed E-state index contributed by atoms with van der Waals surface area (Å²) < 4.78 is 6.30. The Hall–Kier alpha value is -0.820. The number of halogens is 1. The van der Waals surface area contributed by atoms with Gasteiger partial charge in [-0.2, -0.15) is 0 Å². The predicted octanol–water partition coefficient (Wildman–Crippen LogP) is 3.29. The van der Waals surface area contributed by atoms with Gasteiger partial charge in [-0.3, -0.25) is 4.79 Å². The van der Waals surface area contributed by atoms with E-state index in [0.717, 1.165) is 41.9 Å². The fourth-order valence-electron chi connectivity index (χ4n) is 2.12.